The molecule has 0 spiro atoms. The average molecular weight is 379 g/mol. The van der Waals surface area contributed by atoms with Crippen LogP contribution < -0.4 is 0 Å². The molecule has 1 aliphatic rings. The van der Waals surface area contributed by atoms with Crippen molar-refractivity contribution in [2.75, 3.05) is 6.61 Å². The van der Waals surface area contributed by atoms with E-state index in [2.05, 4.69) is 4.98 Å². The second-order valence-electron chi connectivity index (χ2n) is 7.44. The maximum atomic E-state index is 14.4. The Bertz CT molecular complexity index is 1050. The number of halogens is 1. The lowest BCUT2D eigenvalue weighted by atomic mass is 9.78. The SMILES string of the molecule is Cc1[nH]c2ccccc2c1C(=O)COC(=O)C1(c2ccccc2F)CCCC1. The van der Waals surface area contributed by atoms with E-state index in [0.717, 1.165) is 29.4 Å². The average Bonchev–Trinajstić information content (AvgIpc) is 3.31. The number of benzene rings is 2. The molecule has 0 unspecified atom stereocenters. The molecule has 1 aliphatic carbocycles. The molecule has 2 aromatic carbocycles. The largest absolute Gasteiger partial charge is 0.457 e. The highest BCUT2D eigenvalue weighted by Crippen LogP contribution is 2.43. The van der Waals surface area contributed by atoms with Gasteiger partial charge in [-0.2, -0.15) is 0 Å². The number of carbonyl (C=O) groups excluding carboxylic acids is 2. The van der Waals surface area contributed by atoms with Gasteiger partial charge in [0.1, 0.15) is 5.82 Å². The van der Waals surface area contributed by atoms with E-state index >= 15 is 0 Å². The Morgan fingerprint density at radius 3 is 2.50 bits per heavy atom. The first-order valence-corrected chi connectivity index (χ1v) is 9.56. The van der Waals surface area contributed by atoms with Crippen LogP contribution in [0.1, 0.15) is 47.3 Å². The highest BCUT2D eigenvalue weighted by molar-refractivity contribution is 6.10. The van der Waals surface area contributed by atoms with E-state index in [4.69, 9.17) is 4.74 Å². The Kier molecular flexibility index (Phi) is 4.75. The van der Waals surface area contributed by atoms with E-state index in [9.17, 15) is 14.0 Å². The zero-order chi connectivity index (χ0) is 19.7. The van der Waals surface area contributed by atoms with Gasteiger partial charge in [0, 0.05) is 27.7 Å². The second kappa shape index (κ2) is 7.23. The molecular weight excluding hydrogens is 357 g/mol. The number of H-pyrrole nitrogens is 1. The minimum atomic E-state index is -0.999. The molecule has 144 valence electrons. The number of esters is 1. The van der Waals surface area contributed by atoms with Crippen molar-refractivity contribution in [3.8, 4) is 0 Å². The quantitative estimate of drug-likeness (QED) is 0.509. The van der Waals surface area contributed by atoms with Gasteiger partial charge in [-0.3, -0.25) is 9.59 Å². The number of fused-ring (bicyclic) bond motifs is 1. The van der Waals surface area contributed by atoms with Crippen LogP contribution in [0, 0.1) is 12.7 Å². The van der Waals surface area contributed by atoms with Crippen LogP contribution in [-0.2, 0) is 14.9 Å². The van der Waals surface area contributed by atoms with Crippen molar-refractivity contribution in [2.45, 2.75) is 38.0 Å². The number of hydrogen-bond donors (Lipinski definition) is 1. The van der Waals surface area contributed by atoms with Crippen molar-refractivity contribution in [2.24, 2.45) is 0 Å². The van der Waals surface area contributed by atoms with Crippen LogP contribution >= 0.6 is 0 Å². The molecular formula is C23H22FNO3. The van der Waals surface area contributed by atoms with Gasteiger partial charge in [-0.1, -0.05) is 49.2 Å². The zero-order valence-corrected chi connectivity index (χ0v) is 15.8. The standard InChI is InChI=1S/C23H22FNO3/c1-15-21(16-8-2-5-11-19(16)25-15)20(26)14-28-22(27)23(12-6-7-13-23)17-9-3-4-10-18(17)24/h2-5,8-11,25H,6-7,12-14H2,1H3. The third-order valence-corrected chi connectivity index (χ3v) is 5.74. The van der Waals surface area contributed by atoms with Crippen LogP contribution in [0.3, 0.4) is 0 Å². The normalized spacial score (nSPS) is 15.6. The van der Waals surface area contributed by atoms with Gasteiger partial charge in [-0.05, 0) is 31.9 Å². The van der Waals surface area contributed by atoms with Crippen molar-refractivity contribution in [3.63, 3.8) is 0 Å². The van der Waals surface area contributed by atoms with Crippen LogP contribution in [0.4, 0.5) is 4.39 Å². The van der Waals surface area contributed by atoms with Crippen LogP contribution in [0.15, 0.2) is 48.5 Å². The van der Waals surface area contributed by atoms with E-state index in [1.165, 1.54) is 6.07 Å². The third-order valence-electron chi connectivity index (χ3n) is 5.74. The first kappa shape index (κ1) is 18.4. The highest BCUT2D eigenvalue weighted by atomic mass is 19.1. The number of Topliss-reactive ketones (excluding diaryl/α,β-unsaturated/α-hetero) is 1. The summed E-state index contributed by atoms with van der Waals surface area (Å²) in [4.78, 5) is 29.0. The van der Waals surface area contributed by atoms with Gasteiger partial charge in [-0.15, -0.1) is 0 Å². The first-order valence-electron chi connectivity index (χ1n) is 9.56. The van der Waals surface area contributed by atoms with Gasteiger partial charge in [0.05, 0.1) is 5.41 Å². The molecule has 0 amide bonds. The summed E-state index contributed by atoms with van der Waals surface area (Å²) in [5, 5.41) is 0.811. The number of aromatic amines is 1. The topological polar surface area (TPSA) is 59.2 Å². The number of nitrogens with one attached hydrogen (secondary N) is 1. The number of para-hydroxylation sites is 1. The Labute approximate surface area is 162 Å². The zero-order valence-electron chi connectivity index (χ0n) is 15.8. The molecule has 0 saturated heterocycles. The molecule has 0 bridgehead atoms. The van der Waals surface area contributed by atoms with Crippen LogP contribution in [0.25, 0.3) is 10.9 Å². The number of hydrogen-bond acceptors (Lipinski definition) is 3. The smallest absolute Gasteiger partial charge is 0.317 e. The minimum Gasteiger partial charge on any atom is -0.457 e. The number of aryl methyl sites for hydroxylation is 1. The first-order chi connectivity index (χ1) is 13.5. The van der Waals surface area contributed by atoms with Crippen molar-refractivity contribution in [3.05, 3.63) is 71.2 Å². The fourth-order valence-corrected chi connectivity index (χ4v) is 4.39. The van der Waals surface area contributed by atoms with Crippen LogP contribution in [0.2, 0.25) is 0 Å². The molecule has 1 heterocycles. The summed E-state index contributed by atoms with van der Waals surface area (Å²) >= 11 is 0. The number of ketones is 1. The molecule has 0 aliphatic heterocycles. The van der Waals surface area contributed by atoms with E-state index < -0.39 is 17.2 Å². The number of ether oxygens (including phenoxy) is 1. The van der Waals surface area contributed by atoms with Crippen molar-refractivity contribution >= 4 is 22.7 Å². The molecule has 3 aromatic rings. The Morgan fingerprint density at radius 2 is 1.75 bits per heavy atom. The van der Waals surface area contributed by atoms with Gasteiger partial charge < -0.3 is 9.72 Å². The summed E-state index contributed by atoms with van der Waals surface area (Å²) < 4.78 is 19.9. The summed E-state index contributed by atoms with van der Waals surface area (Å²) in [7, 11) is 0. The maximum absolute atomic E-state index is 14.4. The lowest BCUT2D eigenvalue weighted by Crippen LogP contribution is -2.36. The Morgan fingerprint density at radius 1 is 1.07 bits per heavy atom. The molecule has 4 rings (SSSR count). The van der Waals surface area contributed by atoms with E-state index in [-0.39, 0.29) is 12.4 Å². The molecule has 0 radical (unpaired) electrons. The highest BCUT2D eigenvalue weighted by Gasteiger charge is 2.46. The van der Waals surface area contributed by atoms with E-state index in [0.29, 0.717) is 24.0 Å². The molecule has 1 aromatic heterocycles. The number of carbonyl (C=O) groups is 2. The third kappa shape index (κ3) is 3.01. The number of rotatable bonds is 5. The molecule has 28 heavy (non-hydrogen) atoms. The molecule has 0 atom stereocenters. The predicted octanol–water partition coefficient (Wildman–Crippen LogP) is 4.85. The maximum Gasteiger partial charge on any atom is 0.317 e. The second-order valence-corrected chi connectivity index (χ2v) is 7.44. The van der Waals surface area contributed by atoms with Crippen molar-refractivity contribution < 1.29 is 18.7 Å². The molecule has 1 N–H and O–H groups in total. The Hall–Kier alpha value is -2.95. The fourth-order valence-electron chi connectivity index (χ4n) is 4.39. The van der Waals surface area contributed by atoms with Crippen molar-refractivity contribution in [1.82, 2.24) is 4.98 Å². The van der Waals surface area contributed by atoms with Gasteiger partial charge in [0.2, 0.25) is 5.78 Å². The van der Waals surface area contributed by atoms with E-state index in [1.807, 2.05) is 31.2 Å². The minimum absolute atomic E-state index is 0.259. The molecule has 1 saturated carbocycles. The number of aromatic nitrogens is 1. The van der Waals surface area contributed by atoms with Crippen LogP contribution in [0.5, 0.6) is 0 Å². The van der Waals surface area contributed by atoms with E-state index in [1.54, 1.807) is 18.2 Å². The van der Waals surface area contributed by atoms with Gasteiger partial charge in [0.15, 0.2) is 6.61 Å². The molecule has 4 nitrogen and oxygen atoms in total. The van der Waals surface area contributed by atoms with Gasteiger partial charge in [-0.25, -0.2) is 4.39 Å². The monoisotopic (exact) mass is 379 g/mol. The lowest BCUT2D eigenvalue weighted by molar-refractivity contribution is -0.149. The van der Waals surface area contributed by atoms with Gasteiger partial charge in [0.25, 0.3) is 0 Å². The Balaban J connectivity index is 1.57. The summed E-state index contributed by atoms with van der Waals surface area (Å²) in [6.45, 7) is 1.48. The summed E-state index contributed by atoms with van der Waals surface area (Å²) in [5.74, 6) is -1.17. The summed E-state index contributed by atoms with van der Waals surface area (Å²) in [6, 6.07) is 13.9. The van der Waals surface area contributed by atoms with Crippen molar-refractivity contribution in [1.29, 1.82) is 0 Å². The lowest BCUT2D eigenvalue weighted by Gasteiger charge is -2.27. The summed E-state index contributed by atoms with van der Waals surface area (Å²) in [6.07, 6.45) is 2.73. The predicted molar refractivity (Wildman–Crippen MR) is 105 cm³/mol. The van der Waals surface area contributed by atoms with Crippen LogP contribution in [-0.4, -0.2) is 23.3 Å². The molecule has 1 fully saturated rings. The fraction of sp³-hybridized carbons (Fsp3) is 0.304. The van der Waals surface area contributed by atoms with Gasteiger partial charge >= 0.3 is 5.97 Å². The molecule has 5 heteroatoms. The summed E-state index contributed by atoms with van der Waals surface area (Å²) in [5.41, 5.74) is 1.52.